The van der Waals surface area contributed by atoms with Crippen molar-refractivity contribution in [3.63, 3.8) is 0 Å². The second kappa shape index (κ2) is 4.10. The van der Waals surface area contributed by atoms with Gasteiger partial charge in [-0.25, -0.2) is 0 Å². The van der Waals surface area contributed by atoms with Gasteiger partial charge in [-0.3, -0.25) is 9.59 Å². The molecule has 2 aliphatic carbocycles. The quantitative estimate of drug-likeness (QED) is 0.740. The molecule has 2 fully saturated rings. The molecule has 0 saturated heterocycles. The largest absolute Gasteiger partial charge is 0.300 e. The van der Waals surface area contributed by atoms with Crippen LogP contribution in [0.15, 0.2) is 30.3 Å². The normalized spacial score (nSPS) is 32.6. The van der Waals surface area contributed by atoms with E-state index in [4.69, 9.17) is 0 Å². The topological polar surface area (TPSA) is 34.1 Å². The maximum Gasteiger partial charge on any atom is 0.136 e. The van der Waals surface area contributed by atoms with Crippen LogP contribution in [0.3, 0.4) is 0 Å². The van der Waals surface area contributed by atoms with Crippen molar-refractivity contribution in [3.05, 3.63) is 35.9 Å². The fraction of sp³-hybridized carbons (Fsp3) is 0.467. The summed E-state index contributed by atoms with van der Waals surface area (Å²) in [5.74, 6) is 1.26. The van der Waals surface area contributed by atoms with E-state index in [0.29, 0.717) is 36.7 Å². The van der Waals surface area contributed by atoms with E-state index in [0.717, 1.165) is 12.0 Å². The van der Waals surface area contributed by atoms with Gasteiger partial charge < -0.3 is 0 Å². The molecule has 0 radical (unpaired) electrons. The second-order valence-corrected chi connectivity index (χ2v) is 5.25. The monoisotopic (exact) mass is 228 g/mol. The summed E-state index contributed by atoms with van der Waals surface area (Å²) in [5.41, 5.74) is 1.16. The molecule has 0 N–H and O–H groups in total. The van der Waals surface area contributed by atoms with Gasteiger partial charge in [0.05, 0.1) is 0 Å². The van der Waals surface area contributed by atoms with Gasteiger partial charge in [-0.05, 0) is 17.9 Å². The van der Waals surface area contributed by atoms with Crippen LogP contribution < -0.4 is 0 Å². The predicted octanol–water partition coefficient (Wildman–Crippen LogP) is 2.73. The summed E-state index contributed by atoms with van der Waals surface area (Å²) in [5, 5.41) is 0. The van der Waals surface area contributed by atoms with E-state index in [9.17, 15) is 9.59 Å². The fourth-order valence-corrected chi connectivity index (χ4v) is 3.49. The minimum absolute atomic E-state index is 0.107. The molecule has 0 amide bonds. The lowest BCUT2D eigenvalue weighted by Crippen LogP contribution is -2.31. The first-order chi connectivity index (χ1) is 8.25. The van der Waals surface area contributed by atoms with Crippen molar-refractivity contribution in [1.82, 2.24) is 0 Å². The summed E-state index contributed by atoms with van der Waals surface area (Å²) >= 11 is 0. The van der Waals surface area contributed by atoms with E-state index >= 15 is 0 Å². The molecule has 2 saturated carbocycles. The molecule has 0 bridgehead atoms. The van der Waals surface area contributed by atoms with Gasteiger partial charge in [0, 0.05) is 31.1 Å². The molecule has 2 heteroatoms. The first-order valence-electron chi connectivity index (χ1n) is 6.35. The lowest BCUT2D eigenvalue weighted by atomic mass is 9.70. The number of carbonyl (C=O) groups excluding carboxylic acids is 2. The maximum absolute atomic E-state index is 12.0. The summed E-state index contributed by atoms with van der Waals surface area (Å²) in [6, 6.07) is 10.0. The zero-order valence-corrected chi connectivity index (χ0v) is 9.76. The van der Waals surface area contributed by atoms with Gasteiger partial charge in [-0.15, -0.1) is 0 Å². The summed E-state index contributed by atoms with van der Waals surface area (Å²) in [4.78, 5) is 23.8. The van der Waals surface area contributed by atoms with Gasteiger partial charge in [0.1, 0.15) is 11.6 Å². The van der Waals surface area contributed by atoms with Crippen molar-refractivity contribution in [1.29, 1.82) is 0 Å². The number of fused-ring (bicyclic) bond motifs is 1. The molecule has 3 rings (SSSR count). The van der Waals surface area contributed by atoms with Crippen LogP contribution in [0, 0.1) is 11.8 Å². The number of hydrogen-bond acceptors (Lipinski definition) is 2. The lowest BCUT2D eigenvalue weighted by Gasteiger charge is -2.32. The number of rotatable bonds is 1. The van der Waals surface area contributed by atoms with Crippen molar-refractivity contribution in [3.8, 4) is 0 Å². The highest BCUT2D eigenvalue weighted by atomic mass is 16.1. The number of Topliss-reactive ketones (excluding diaryl/α,β-unsaturated/α-hetero) is 2. The van der Waals surface area contributed by atoms with E-state index < -0.39 is 0 Å². The Labute approximate surface area is 101 Å². The molecular formula is C15H16O2. The van der Waals surface area contributed by atoms with Crippen molar-refractivity contribution in [2.75, 3.05) is 0 Å². The Bertz CT molecular complexity index is 449. The van der Waals surface area contributed by atoms with E-state index in [1.807, 2.05) is 30.3 Å². The molecule has 2 aliphatic rings. The third-order valence-electron chi connectivity index (χ3n) is 4.24. The molecule has 0 aliphatic heterocycles. The third-order valence-corrected chi connectivity index (χ3v) is 4.24. The van der Waals surface area contributed by atoms with Crippen LogP contribution in [0.1, 0.15) is 37.2 Å². The molecule has 0 aromatic heterocycles. The van der Waals surface area contributed by atoms with E-state index in [1.54, 1.807) is 0 Å². The van der Waals surface area contributed by atoms with Crippen LogP contribution in [-0.4, -0.2) is 11.6 Å². The minimum Gasteiger partial charge on any atom is -0.300 e. The second-order valence-electron chi connectivity index (χ2n) is 5.25. The first-order valence-corrected chi connectivity index (χ1v) is 6.35. The van der Waals surface area contributed by atoms with Gasteiger partial charge >= 0.3 is 0 Å². The molecule has 1 aromatic carbocycles. The number of carbonyl (C=O) groups is 2. The van der Waals surface area contributed by atoms with Crippen LogP contribution in [0.25, 0.3) is 0 Å². The summed E-state index contributed by atoms with van der Waals surface area (Å²) in [6.45, 7) is 0. The SMILES string of the molecule is O=C1C[C@H]2CCC(=O)[C@H]2[C@@H](c2ccccc2)C1. The van der Waals surface area contributed by atoms with Gasteiger partial charge in [-0.2, -0.15) is 0 Å². The highest BCUT2D eigenvalue weighted by molar-refractivity contribution is 5.90. The zero-order chi connectivity index (χ0) is 11.8. The molecular weight excluding hydrogens is 212 g/mol. The average Bonchev–Trinajstić information content (AvgIpc) is 2.71. The Balaban J connectivity index is 1.96. The highest BCUT2D eigenvalue weighted by Crippen LogP contribution is 2.46. The Kier molecular flexibility index (Phi) is 2.58. The summed E-state index contributed by atoms with van der Waals surface area (Å²) < 4.78 is 0. The van der Waals surface area contributed by atoms with Crippen LogP contribution in [-0.2, 0) is 9.59 Å². The third kappa shape index (κ3) is 1.82. The van der Waals surface area contributed by atoms with Crippen molar-refractivity contribution >= 4 is 11.6 Å². The van der Waals surface area contributed by atoms with Gasteiger partial charge in [0.25, 0.3) is 0 Å². The molecule has 0 heterocycles. The fourth-order valence-electron chi connectivity index (χ4n) is 3.49. The predicted molar refractivity (Wildman–Crippen MR) is 64.6 cm³/mol. The Morgan fingerprint density at radius 1 is 1.00 bits per heavy atom. The summed E-state index contributed by atoms with van der Waals surface area (Å²) in [6.07, 6.45) is 2.77. The summed E-state index contributed by atoms with van der Waals surface area (Å²) in [7, 11) is 0. The number of benzene rings is 1. The van der Waals surface area contributed by atoms with Crippen LogP contribution >= 0.6 is 0 Å². The smallest absolute Gasteiger partial charge is 0.136 e. The molecule has 2 nitrogen and oxygen atoms in total. The van der Waals surface area contributed by atoms with Crippen LogP contribution in [0.5, 0.6) is 0 Å². The van der Waals surface area contributed by atoms with E-state index in [-0.39, 0.29) is 11.8 Å². The molecule has 17 heavy (non-hydrogen) atoms. The molecule has 0 unspecified atom stereocenters. The minimum atomic E-state index is 0.107. The molecule has 88 valence electrons. The average molecular weight is 228 g/mol. The van der Waals surface area contributed by atoms with E-state index in [2.05, 4.69) is 0 Å². The maximum atomic E-state index is 12.0. The van der Waals surface area contributed by atoms with Gasteiger partial charge in [-0.1, -0.05) is 30.3 Å². The Hall–Kier alpha value is -1.44. The van der Waals surface area contributed by atoms with Crippen LogP contribution in [0.4, 0.5) is 0 Å². The molecule has 1 aromatic rings. The highest BCUT2D eigenvalue weighted by Gasteiger charge is 2.45. The number of ketones is 2. The van der Waals surface area contributed by atoms with Gasteiger partial charge in [0.2, 0.25) is 0 Å². The standard InChI is InChI=1S/C15H16O2/c16-12-8-11-6-7-14(17)15(11)13(9-12)10-4-2-1-3-5-10/h1-5,11,13,15H,6-9H2/t11-,13-,15-/m1/s1. The van der Waals surface area contributed by atoms with E-state index in [1.165, 1.54) is 0 Å². The number of hydrogen-bond donors (Lipinski definition) is 0. The molecule has 3 atom stereocenters. The van der Waals surface area contributed by atoms with Crippen molar-refractivity contribution in [2.24, 2.45) is 11.8 Å². The zero-order valence-electron chi connectivity index (χ0n) is 9.76. The Morgan fingerprint density at radius 3 is 2.53 bits per heavy atom. The van der Waals surface area contributed by atoms with Crippen molar-refractivity contribution in [2.45, 2.75) is 31.6 Å². The van der Waals surface area contributed by atoms with Crippen LogP contribution in [0.2, 0.25) is 0 Å². The van der Waals surface area contributed by atoms with Crippen molar-refractivity contribution < 1.29 is 9.59 Å². The van der Waals surface area contributed by atoms with Gasteiger partial charge in [0.15, 0.2) is 0 Å². The Morgan fingerprint density at radius 2 is 1.76 bits per heavy atom. The molecule has 0 spiro atoms. The lowest BCUT2D eigenvalue weighted by molar-refractivity contribution is -0.127. The first kappa shape index (κ1) is 10.7.